The van der Waals surface area contributed by atoms with Crippen LogP contribution in [0.25, 0.3) is 6.08 Å². The van der Waals surface area contributed by atoms with Gasteiger partial charge in [0.2, 0.25) is 0 Å². The van der Waals surface area contributed by atoms with Gasteiger partial charge in [-0.05, 0) is 23.8 Å². The van der Waals surface area contributed by atoms with Crippen LogP contribution in [-0.4, -0.2) is 26.0 Å². The quantitative estimate of drug-likeness (QED) is 0.844. The Bertz CT molecular complexity index is 796. The first kappa shape index (κ1) is 15.3. The fraction of sp³-hybridized carbons (Fsp3) is 0.333. The molecule has 24 heavy (non-hydrogen) atoms. The minimum absolute atomic E-state index is 0.126. The number of hydrogen-bond acceptors (Lipinski definition) is 3. The average molecular weight is 321 g/mol. The first-order chi connectivity index (χ1) is 11.6. The molecule has 0 amide bonds. The Morgan fingerprint density at radius 1 is 1.08 bits per heavy atom. The number of hydrogen-bond donors (Lipinski definition) is 0. The molecule has 2 heterocycles. The number of anilines is 1. The van der Waals surface area contributed by atoms with Crippen LogP contribution in [0.1, 0.15) is 25.0 Å². The Morgan fingerprint density at radius 2 is 1.83 bits per heavy atom. The molecule has 0 saturated carbocycles. The van der Waals surface area contributed by atoms with Crippen molar-refractivity contribution in [2.24, 2.45) is 0 Å². The van der Waals surface area contributed by atoms with E-state index in [2.05, 4.69) is 61.2 Å². The molecule has 2 aliphatic rings. The van der Waals surface area contributed by atoms with Crippen LogP contribution in [-0.2, 0) is 10.2 Å². The summed E-state index contributed by atoms with van der Waals surface area (Å²) in [5, 5.41) is 0. The van der Waals surface area contributed by atoms with Gasteiger partial charge >= 0.3 is 0 Å². The summed E-state index contributed by atoms with van der Waals surface area (Å²) >= 11 is 0. The maximum Gasteiger partial charge on any atom is 0.170 e. The number of fused-ring (bicyclic) bond motifs is 3. The number of methoxy groups -OCH3 is 1. The average Bonchev–Trinajstić information content (AvgIpc) is 3.12. The lowest BCUT2D eigenvalue weighted by Crippen LogP contribution is -2.51. The summed E-state index contributed by atoms with van der Waals surface area (Å²) in [6.45, 7) is 6.19. The molecule has 0 radical (unpaired) electrons. The third kappa shape index (κ3) is 1.94. The van der Waals surface area contributed by atoms with Crippen molar-refractivity contribution in [3.63, 3.8) is 0 Å². The Kier molecular flexibility index (Phi) is 3.43. The number of nitrogens with zero attached hydrogens (tertiary/aromatic N) is 1. The summed E-state index contributed by atoms with van der Waals surface area (Å²) in [5.41, 5.74) is 3.12. The van der Waals surface area contributed by atoms with Crippen LogP contribution >= 0.6 is 0 Å². The smallest absolute Gasteiger partial charge is 0.170 e. The topological polar surface area (TPSA) is 21.7 Å². The van der Waals surface area contributed by atoms with E-state index in [0.717, 1.165) is 24.5 Å². The fourth-order valence-electron chi connectivity index (χ4n) is 4.14. The highest BCUT2D eigenvalue weighted by atomic mass is 16.5. The van der Waals surface area contributed by atoms with Crippen LogP contribution in [0.5, 0.6) is 5.75 Å². The van der Waals surface area contributed by atoms with Crippen molar-refractivity contribution in [2.45, 2.75) is 25.0 Å². The van der Waals surface area contributed by atoms with Crippen molar-refractivity contribution < 1.29 is 9.47 Å². The van der Waals surface area contributed by atoms with Gasteiger partial charge in [-0.1, -0.05) is 56.3 Å². The minimum atomic E-state index is -0.447. The van der Waals surface area contributed by atoms with Crippen molar-refractivity contribution in [3.05, 3.63) is 65.7 Å². The second-order valence-corrected chi connectivity index (χ2v) is 6.91. The summed E-state index contributed by atoms with van der Waals surface area (Å²) in [5.74, 6) is 0.878. The molecule has 0 spiro atoms. The summed E-state index contributed by atoms with van der Waals surface area (Å²) in [4.78, 5) is 2.40. The zero-order chi connectivity index (χ0) is 16.8. The predicted octanol–water partition coefficient (Wildman–Crippen LogP) is 4.23. The molecule has 124 valence electrons. The van der Waals surface area contributed by atoms with E-state index in [4.69, 9.17) is 9.47 Å². The molecule has 2 aliphatic heterocycles. The molecule has 2 aromatic rings. The Hall–Kier alpha value is -2.26. The highest BCUT2D eigenvalue weighted by molar-refractivity contribution is 5.70. The van der Waals surface area contributed by atoms with Gasteiger partial charge in [0.25, 0.3) is 0 Å². The summed E-state index contributed by atoms with van der Waals surface area (Å²) in [6.07, 6.45) is 4.34. The zero-order valence-electron chi connectivity index (χ0n) is 14.5. The molecule has 0 bridgehead atoms. The molecular weight excluding hydrogens is 298 g/mol. The lowest BCUT2D eigenvalue weighted by atomic mass is 9.77. The van der Waals surface area contributed by atoms with Crippen LogP contribution in [0.3, 0.4) is 0 Å². The summed E-state index contributed by atoms with van der Waals surface area (Å²) in [6, 6.07) is 16.7. The Labute approximate surface area is 143 Å². The highest BCUT2D eigenvalue weighted by Gasteiger charge is 2.58. The molecule has 0 N–H and O–H groups in total. The third-order valence-electron chi connectivity index (χ3n) is 5.43. The minimum Gasteiger partial charge on any atom is -0.496 e. The van der Waals surface area contributed by atoms with Crippen molar-refractivity contribution in [1.29, 1.82) is 0 Å². The zero-order valence-corrected chi connectivity index (χ0v) is 14.5. The van der Waals surface area contributed by atoms with Crippen molar-refractivity contribution in [1.82, 2.24) is 0 Å². The lowest BCUT2D eigenvalue weighted by molar-refractivity contribution is 0.000333. The second kappa shape index (κ2) is 5.38. The van der Waals surface area contributed by atoms with Crippen LogP contribution in [0.15, 0.2) is 54.6 Å². The first-order valence-electron chi connectivity index (χ1n) is 8.43. The van der Waals surface area contributed by atoms with Gasteiger partial charge in [-0.3, -0.25) is 0 Å². The summed E-state index contributed by atoms with van der Waals surface area (Å²) in [7, 11) is 1.71. The monoisotopic (exact) mass is 321 g/mol. The maximum absolute atomic E-state index is 6.36. The van der Waals surface area contributed by atoms with Gasteiger partial charge in [0, 0.05) is 23.2 Å². The van der Waals surface area contributed by atoms with E-state index in [1.165, 1.54) is 11.3 Å². The second-order valence-electron chi connectivity index (χ2n) is 6.91. The van der Waals surface area contributed by atoms with E-state index in [1.54, 1.807) is 7.11 Å². The van der Waals surface area contributed by atoms with Crippen LogP contribution in [0, 0.1) is 0 Å². The van der Waals surface area contributed by atoms with E-state index in [9.17, 15) is 0 Å². The van der Waals surface area contributed by atoms with E-state index >= 15 is 0 Å². The molecular formula is C21H23NO2. The third-order valence-corrected chi connectivity index (χ3v) is 5.43. The van der Waals surface area contributed by atoms with Gasteiger partial charge in [-0.15, -0.1) is 0 Å². The normalized spacial score (nSPS) is 24.2. The van der Waals surface area contributed by atoms with E-state index in [1.807, 2.05) is 18.2 Å². The number of rotatable bonds is 3. The van der Waals surface area contributed by atoms with Crippen LogP contribution in [0.2, 0.25) is 0 Å². The molecule has 1 unspecified atom stereocenters. The molecule has 1 fully saturated rings. The van der Waals surface area contributed by atoms with Crippen molar-refractivity contribution in [3.8, 4) is 5.75 Å². The SMILES string of the molecule is COc1ccccc1/C=C/C12OCCN1c1ccccc1C2(C)C. The van der Waals surface area contributed by atoms with Gasteiger partial charge in [-0.25, -0.2) is 0 Å². The number of benzene rings is 2. The molecule has 0 aliphatic carbocycles. The lowest BCUT2D eigenvalue weighted by Gasteiger charge is -2.39. The van der Waals surface area contributed by atoms with Crippen LogP contribution in [0.4, 0.5) is 5.69 Å². The van der Waals surface area contributed by atoms with E-state index in [0.29, 0.717) is 0 Å². The Balaban J connectivity index is 1.81. The predicted molar refractivity (Wildman–Crippen MR) is 97.5 cm³/mol. The van der Waals surface area contributed by atoms with Crippen molar-refractivity contribution >= 4 is 11.8 Å². The van der Waals surface area contributed by atoms with E-state index < -0.39 is 5.72 Å². The molecule has 2 aromatic carbocycles. The largest absolute Gasteiger partial charge is 0.496 e. The van der Waals surface area contributed by atoms with Gasteiger partial charge < -0.3 is 14.4 Å². The first-order valence-corrected chi connectivity index (χ1v) is 8.43. The van der Waals surface area contributed by atoms with Gasteiger partial charge in [0.05, 0.1) is 13.7 Å². The van der Waals surface area contributed by atoms with Crippen molar-refractivity contribution in [2.75, 3.05) is 25.2 Å². The highest BCUT2D eigenvalue weighted by Crippen LogP contribution is 2.55. The molecule has 1 saturated heterocycles. The standard InChI is InChI=1S/C21H23NO2/c1-20(2)17-9-5-6-10-18(17)22-14-15-24-21(20,22)13-12-16-8-4-7-11-19(16)23-3/h4-13H,14-15H2,1-3H3/b13-12+. The van der Waals surface area contributed by atoms with Gasteiger partial charge in [-0.2, -0.15) is 0 Å². The van der Waals surface area contributed by atoms with E-state index in [-0.39, 0.29) is 5.41 Å². The van der Waals surface area contributed by atoms with Crippen LogP contribution < -0.4 is 9.64 Å². The number of ether oxygens (including phenoxy) is 2. The summed E-state index contributed by atoms with van der Waals surface area (Å²) < 4.78 is 11.8. The molecule has 3 nitrogen and oxygen atoms in total. The fourth-order valence-corrected chi connectivity index (χ4v) is 4.14. The number of para-hydroxylation sites is 2. The molecule has 3 heteroatoms. The molecule has 0 aromatic heterocycles. The maximum atomic E-state index is 6.36. The molecule has 1 atom stereocenters. The Morgan fingerprint density at radius 3 is 2.67 bits per heavy atom. The van der Waals surface area contributed by atoms with Gasteiger partial charge in [0.15, 0.2) is 5.72 Å². The molecule has 4 rings (SSSR count). The van der Waals surface area contributed by atoms with Gasteiger partial charge in [0.1, 0.15) is 5.75 Å².